The van der Waals surface area contributed by atoms with Crippen LogP contribution in [-0.2, 0) is 14.4 Å². The molecule has 1 saturated carbocycles. The summed E-state index contributed by atoms with van der Waals surface area (Å²) in [6.07, 6.45) is 3.34. The van der Waals surface area contributed by atoms with Gasteiger partial charge in [0.1, 0.15) is 0 Å². The van der Waals surface area contributed by atoms with E-state index in [0.29, 0.717) is 12.1 Å². The van der Waals surface area contributed by atoms with E-state index in [1.165, 1.54) is 0 Å². The molecule has 2 fully saturated rings. The quantitative estimate of drug-likeness (QED) is 0.815. The first-order valence-corrected chi connectivity index (χ1v) is 7.16. The molecule has 1 aliphatic carbocycles. The topological polar surface area (TPSA) is 78.5 Å². The predicted molar refractivity (Wildman–Crippen MR) is 77.8 cm³/mol. The molecule has 0 atom stereocenters. The van der Waals surface area contributed by atoms with Crippen LogP contribution in [0.3, 0.4) is 0 Å². The van der Waals surface area contributed by atoms with Crippen LogP contribution in [0.4, 0.5) is 11.4 Å². The minimum Gasteiger partial charge on any atom is -0.345 e. The van der Waals surface area contributed by atoms with Gasteiger partial charge in [0, 0.05) is 30.4 Å². The second-order valence-electron chi connectivity index (χ2n) is 5.40. The highest BCUT2D eigenvalue weighted by Crippen LogP contribution is 2.23. The summed E-state index contributed by atoms with van der Waals surface area (Å²) in [5.41, 5.74) is 1.36. The molecule has 110 valence electrons. The van der Waals surface area contributed by atoms with Crippen molar-refractivity contribution in [3.8, 4) is 0 Å². The fourth-order valence-corrected chi connectivity index (χ4v) is 2.31. The van der Waals surface area contributed by atoms with E-state index in [2.05, 4.69) is 10.6 Å². The Bertz CT molecular complexity index is 578. The molecule has 0 unspecified atom stereocenters. The van der Waals surface area contributed by atoms with Crippen molar-refractivity contribution in [1.82, 2.24) is 5.32 Å². The molecule has 1 aromatic carbocycles. The average molecular weight is 287 g/mol. The minimum atomic E-state index is -0.660. The largest absolute Gasteiger partial charge is 0.345 e. The molecule has 0 aromatic heterocycles. The van der Waals surface area contributed by atoms with Gasteiger partial charge in [-0.3, -0.25) is 14.4 Å². The molecule has 6 heteroatoms. The van der Waals surface area contributed by atoms with Crippen molar-refractivity contribution >= 4 is 29.1 Å². The fraction of sp³-hybridized carbons (Fsp3) is 0.400. The molecule has 6 nitrogen and oxygen atoms in total. The van der Waals surface area contributed by atoms with Crippen LogP contribution in [0, 0.1) is 0 Å². The van der Waals surface area contributed by atoms with Crippen LogP contribution >= 0.6 is 0 Å². The molecular formula is C15H17N3O3. The highest BCUT2D eigenvalue weighted by atomic mass is 16.2. The first kappa shape index (κ1) is 13.6. The number of carbonyl (C=O) groups is 3. The molecule has 1 aliphatic heterocycles. The van der Waals surface area contributed by atoms with Gasteiger partial charge in [0.05, 0.1) is 0 Å². The van der Waals surface area contributed by atoms with Crippen molar-refractivity contribution < 1.29 is 14.4 Å². The maximum atomic E-state index is 11.7. The lowest BCUT2D eigenvalue weighted by Gasteiger charge is -2.16. The van der Waals surface area contributed by atoms with E-state index >= 15 is 0 Å². The lowest BCUT2D eigenvalue weighted by molar-refractivity contribution is -0.136. The minimum absolute atomic E-state index is 0.121. The first-order valence-electron chi connectivity index (χ1n) is 7.16. The van der Waals surface area contributed by atoms with E-state index in [1.807, 2.05) is 0 Å². The van der Waals surface area contributed by atoms with Crippen molar-refractivity contribution in [3.63, 3.8) is 0 Å². The molecular weight excluding hydrogens is 270 g/mol. The van der Waals surface area contributed by atoms with E-state index in [1.54, 1.807) is 29.2 Å². The number of carbonyl (C=O) groups excluding carboxylic acids is 3. The third-order valence-electron chi connectivity index (χ3n) is 3.63. The van der Waals surface area contributed by atoms with Gasteiger partial charge in [0.2, 0.25) is 5.91 Å². The van der Waals surface area contributed by atoms with Gasteiger partial charge < -0.3 is 15.5 Å². The second-order valence-corrected chi connectivity index (χ2v) is 5.40. The maximum Gasteiger partial charge on any atom is 0.313 e. The molecule has 1 aromatic rings. The average Bonchev–Trinajstić information content (AvgIpc) is 3.19. The summed E-state index contributed by atoms with van der Waals surface area (Å²) in [6.45, 7) is 0.730. The third-order valence-corrected chi connectivity index (χ3v) is 3.63. The number of rotatable bonds is 3. The van der Waals surface area contributed by atoms with Crippen LogP contribution in [0.5, 0.6) is 0 Å². The molecule has 0 spiro atoms. The number of hydrogen-bond acceptors (Lipinski definition) is 3. The number of benzene rings is 1. The van der Waals surface area contributed by atoms with Gasteiger partial charge in [0.25, 0.3) is 0 Å². The molecule has 21 heavy (non-hydrogen) atoms. The summed E-state index contributed by atoms with van der Waals surface area (Å²) in [5.74, 6) is -1.14. The normalized spacial score (nSPS) is 17.7. The summed E-state index contributed by atoms with van der Waals surface area (Å²) in [5, 5.41) is 5.18. The molecule has 3 rings (SSSR count). The Kier molecular flexibility index (Phi) is 3.60. The molecule has 1 saturated heterocycles. The summed E-state index contributed by atoms with van der Waals surface area (Å²) < 4.78 is 0. The number of nitrogens with zero attached hydrogens (tertiary/aromatic N) is 1. The maximum absolute atomic E-state index is 11.7. The molecule has 0 bridgehead atoms. The van der Waals surface area contributed by atoms with Gasteiger partial charge >= 0.3 is 11.8 Å². The van der Waals surface area contributed by atoms with Crippen LogP contribution < -0.4 is 15.5 Å². The van der Waals surface area contributed by atoms with Crippen LogP contribution in [-0.4, -0.2) is 30.3 Å². The summed E-state index contributed by atoms with van der Waals surface area (Å²) in [6, 6.07) is 7.11. The zero-order valence-electron chi connectivity index (χ0n) is 11.6. The van der Waals surface area contributed by atoms with Crippen LogP contribution in [0.15, 0.2) is 24.3 Å². The highest BCUT2D eigenvalue weighted by Gasteiger charge is 2.26. The zero-order chi connectivity index (χ0) is 14.8. The lowest BCUT2D eigenvalue weighted by Crippen LogP contribution is -2.36. The number of nitrogens with one attached hydrogen (secondary N) is 2. The van der Waals surface area contributed by atoms with Crippen molar-refractivity contribution in [2.45, 2.75) is 31.7 Å². The summed E-state index contributed by atoms with van der Waals surface area (Å²) in [7, 11) is 0. The van der Waals surface area contributed by atoms with Crippen molar-refractivity contribution in [3.05, 3.63) is 24.3 Å². The zero-order valence-corrected chi connectivity index (χ0v) is 11.6. The fourth-order valence-electron chi connectivity index (χ4n) is 2.31. The summed E-state index contributed by atoms with van der Waals surface area (Å²) in [4.78, 5) is 36.6. The van der Waals surface area contributed by atoms with Crippen LogP contribution in [0.2, 0.25) is 0 Å². The van der Waals surface area contributed by atoms with Crippen LogP contribution in [0.25, 0.3) is 0 Å². The SMILES string of the molecule is O=C(Nc1ccc(N2CCCC2=O)cc1)C(=O)NC1CC1. The summed E-state index contributed by atoms with van der Waals surface area (Å²) >= 11 is 0. The Morgan fingerprint density at radius 3 is 2.38 bits per heavy atom. The smallest absolute Gasteiger partial charge is 0.313 e. The molecule has 2 N–H and O–H groups in total. The van der Waals surface area contributed by atoms with E-state index in [0.717, 1.165) is 31.5 Å². The predicted octanol–water partition coefficient (Wildman–Crippen LogP) is 1.03. The van der Waals surface area contributed by atoms with Gasteiger partial charge in [-0.1, -0.05) is 0 Å². The van der Waals surface area contributed by atoms with Crippen molar-refractivity contribution in [2.24, 2.45) is 0 Å². The van der Waals surface area contributed by atoms with Crippen molar-refractivity contribution in [1.29, 1.82) is 0 Å². The third kappa shape index (κ3) is 3.21. The van der Waals surface area contributed by atoms with E-state index in [-0.39, 0.29) is 11.9 Å². The van der Waals surface area contributed by atoms with Gasteiger partial charge in [-0.2, -0.15) is 0 Å². The van der Waals surface area contributed by atoms with Gasteiger partial charge in [0.15, 0.2) is 0 Å². The first-order chi connectivity index (χ1) is 10.1. The van der Waals surface area contributed by atoms with Crippen molar-refractivity contribution in [2.75, 3.05) is 16.8 Å². The number of hydrogen-bond donors (Lipinski definition) is 2. The monoisotopic (exact) mass is 287 g/mol. The van der Waals surface area contributed by atoms with Gasteiger partial charge in [-0.25, -0.2) is 0 Å². The Labute approximate surface area is 122 Å². The Hall–Kier alpha value is -2.37. The number of anilines is 2. The van der Waals surface area contributed by atoms with E-state index in [9.17, 15) is 14.4 Å². The highest BCUT2D eigenvalue weighted by molar-refractivity contribution is 6.39. The lowest BCUT2D eigenvalue weighted by atomic mass is 10.2. The Morgan fingerprint density at radius 1 is 1.10 bits per heavy atom. The van der Waals surface area contributed by atoms with Crippen LogP contribution in [0.1, 0.15) is 25.7 Å². The number of amides is 3. The Balaban J connectivity index is 1.59. The standard InChI is InChI=1S/C15H17N3O3/c19-13-2-1-9-18(13)12-7-5-11(6-8-12)17-15(21)14(20)16-10-3-4-10/h5-8,10H,1-4,9H2,(H,16,20)(H,17,21). The Morgan fingerprint density at radius 2 is 1.81 bits per heavy atom. The van der Waals surface area contributed by atoms with E-state index < -0.39 is 11.8 Å². The molecule has 0 radical (unpaired) electrons. The second kappa shape index (κ2) is 5.55. The molecule has 2 aliphatic rings. The van der Waals surface area contributed by atoms with Gasteiger partial charge in [-0.05, 0) is 43.5 Å². The molecule has 1 heterocycles. The molecule has 3 amide bonds. The van der Waals surface area contributed by atoms with Gasteiger partial charge in [-0.15, -0.1) is 0 Å². The van der Waals surface area contributed by atoms with E-state index in [4.69, 9.17) is 0 Å².